The minimum absolute atomic E-state index is 0.273. The molecule has 0 bridgehead atoms. The molecule has 0 N–H and O–H groups in total. The van der Waals surface area contributed by atoms with Crippen LogP contribution in [0.1, 0.15) is 22.6 Å². The van der Waals surface area contributed by atoms with Crippen LogP contribution in [0.25, 0.3) is 28.2 Å². The molecule has 10 heteroatoms. The molecule has 0 amide bonds. The predicted octanol–water partition coefficient (Wildman–Crippen LogP) is 5.68. The average molecular weight is 531 g/mol. The number of rotatable bonds is 2. The van der Waals surface area contributed by atoms with Gasteiger partial charge < -0.3 is 13.6 Å². The number of hydrogen-bond acceptors (Lipinski definition) is 7. The Morgan fingerprint density at radius 1 is 0.971 bits per heavy atom. The molecule has 0 saturated carbocycles. The summed E-state index contributed by atoms with van der Waals surface area (Å²) < 4.78 is 33.3. The largest absolute Gasteiger partial charge is 0.446 e. The van der Waals surface area contributed by atoms with E-state index in [0.29, 0.717) is 49.7 Å². The molecule has 1 aliphatic rings. The number of halogens is 2. The lowest BCUT2D eigenvalue weighted by Crippen LogP contribution is -2.22. The minimum Gasteiger partial charge on any atom is -0.446 e. The van der Waals surface area contributed by atoms with Crippen LogP contribution in [0.15, 0.2) is 85.3 Å². The summed E-state index contributed by atoms with van der Waals surface area (Å²) >= 11 is 3.29. The monoisotopic (exact) mass is 530 g/mol. The van der Waals surface area contributed by atoms with Crippen molar-refractivity contribution >= 4 is 32.5 Å². The summed E-state index contributed by atoms with van der Waals surface area (Å²) in [7, 11) is 0. The van der Waals surface area contributed by atoms with Crippen molar-refractivity contribution in [1.82, 2.24) is 19.6 Å². The molecule has 0 saturated heterocycles. The summed E-state index contributed by atoms with van der Waals surface area (Å²) in [6.07, 6.45) is 1.49. The topological polar surface area (TPSA) is 95.7 Å². The highest BCUT2D eigenvalue weighted by Gasteiger charge is 2.37. The Hall–Kier alpha value is -4.31. The number of fused-ring (bicyclic) bond motifs is 6. The lowest BCUT2D eigenvalue weighted by atomic mass is 9.84. The van der Waals surface area contributed by atoms with Crippen LogP contribution in [-0.2, 0) is 0 Å². The Morgan fingerprint density at radius 3 is 2.60 bits per heavy atom. The third-order valence-corrected chi connectivity index (χ3v) is 6.39. The maximum absolute atomic E-state index is 13.8. The van der Waals surface area contributed by atoms with Crippen LogP contribution < -0.4 is 10.4 Å². The summed E-state index contributed by atoms with van der Waals surface area (Å²) in [5.74, 6) is 0.332. The standard InChI is InChI=1S/C25H12BrFN4O4/c26-17-10-9-16(33-17)22-29-23-20-18(12-5-7-13(27)8-6-12)19-21(35-24(20)28-11-31(23)30-22)14-3-1-2-4-15(14)34-25(19)32/h1-11,18H. The van der Waals surface area contributed by atoms with Gasteiger partial charge in [-0.15, -0.1) is 5.10 Å². The molecule has 4 aromatic heterocycles. The fourth-order valence-electron chi connectivity index (χ4n) is 4.46. The van der Waals surface area contributed by atoms with E-state index in [2.05, 4.69) is 31.0 Å². The molecule has 8 nitrogen and oxygen atoms in total. The third kappa shape index (κ3) is 3.03. The van der Waals surface area contributed by atoms with E-state index >= 15 is 0 Å². The highest BCUT2D eigenvalue weighted by molar-refractivity contribution is 9.10. The Bertz CT molecular complexity index is 1840. The molecule has 5 heterocycles. The maximum atomic E-state index is 13.8. The van der Waals surface area contributed by atoms with Gasteiger partial charge in [0.15, 0.2) is 21.8 Å². The summed E-state index contributed by atoms with van der Waals surface area (Å²) in [5, 5.41) is 5.12. The van der Waals surface area contributed by atoms with E-state index in [1.165, 1.54) is 23.0 Å². The summed E-state index contributed by atoms with van der Waals surface area (Å²) in [4.78, 5) is 22.5. The molecule has 2 aromatic carbocycles. The quantitative estimate of drug-likeness (QED) is 0.265. The first-order chi connectivity index (χ1) is 17.1. The fourth-order valence-corrected chi connectivity index (χ4v) is 4.76. The summed E-state index contributed by atoms with van der Waals surface area (Å²) in [6, 6.07) is 16.5. The van der Waals surface area contributed by atoms with Gasteiger partial charge in [0.2, 0.25) is 11.7 Å². The van der Waals surface area contributed by atoms with E-state index in [4.69, 9.17) is 13.6 Å². The molecule has 1 unspecified atom stereocenters. The van der Waals surface area contributed by atoms with Crippen LogP contribution in [0.2, 0.25) is 0 Å². The van der Waals surface area contributed by atoms with E-state index in [1.54, 1.807) is 36.4 Å². The maximum Gasteiger partial charge on any atom is 0.344 e. The average Bonchev–Trinajstić information content (AvgIpc) is 3.50. The molecule has 0 spiro atoms. The molecule has 0 fully saturated rings. The van der Waals surface area contributed by atoms with Crippen molar-refractivity contribution in [3.8, 4) is 23.2 Å². The van der Waals surface area contributed by atoms with Crippen molar-refractivity contribution in [1.29, 1.82) is 0 Å². The van der Waals surface area contributed by atoms with Crippen LogP contribution in [-0.4, -0.2) is 19.6 Å². The van der Waals surface area contributed by atoms with Crippen LogP contribution in [0, 0.1) is 5.82 Å². The molecule has 7 rings (SSSR count). The van der Waals surface area contributed by atoms with Gasteiger partial charge in [-0.25, -0.2) is 23.7 Å². The normalized spacial score (nSPS) is 14.6. The zero-order chi connectivity index (χ0) is 23.7. The molecular weight excluding hydrogens is 519 g/mol. The Morgan fingerprint density at radius 2 is 1.80 bits per heavy atom. The van der Waals surface area contributed by atoms with E-state index in [9.17, 15) is 9.18 Å². The second-order valence-electron chi connectivity index (χ2n) is 7.99. The first kappa shape index (κ1) is 20.1. The predicted molar refractivity (Wildman–Crippen MR) is 126 cm³/mol. The van der Waals surface area contributed by atoms with Gasteiger partial charge in [-0.1, -0.05) is 24.3 Å². The number of nitrogens with zero attached hydrogens (tertiary/aromatic N) is 4. The summed E-state index contributed by atoms with van der Waals surface area (Å²) in [5.41, 5.74) is 1.70. The summed E-state index contributed by atoms with van der Waals surface area (Å²) in [6.45, 7) is 0. The van der Waals surface area contributed by atoms with Gasteiger partial charge in [-0.05, 0) is 57.9 Å². The first-order valence-corrected chi connectivity index (χ1v) is 11.4. The second kappa shape index (κ2) is 7.34. The highest BCUT2D eigenvalue weighted by atomic mass is 79.9. The Labute approximate surface area is 203 Å². The smallest absolute Gasteiger partial charge is 0.344 e. The number of para-hydroxylation sites is 1. The van der Waals surface area contributed by atoms with Crippen LogP contribution in [0.4, 0.5) is 4.39 Å². The van der Waals surface area contributed by atoms with Gasteiger partial charge in [0.25, 0.3) is 0 Å². The van der Waals surface area contributed by atoms with Gasteiger partial charge in [0, 0.05) is 0 Å². The molecule has 170 valence electrons. The van der Waals surface area contributed by atoms with Crippen molar-refractivity contribution in [2.24, 2.45) is 0 Å². The number of furan rings is 1. The van der Waals surface area contributed by atoms with Crippen LogP contribution in [0.5, 0.6) is 11.6 Å². The number of benzene rings is 2. The van der Waals surface area contributed by atoms with E-state index < -0.39 is 17.4 Å². The molecule has 6 aromatic rings. The lowest BCUT2D eigenvalue weighted by Gasteiger charge is -2.27. The fraction of sp³-hybridized carbons (Fsp3) is 0.0400. The SMILES string of the molecule is O=c1oc2ccccc2c2c1C(c1ccc(F)cc1)c1c(ncn3nc(-c4ccc(Br)o4)nc13)O2. The number of aromatic nitrogens is 4. The zero-order valence-corrected chi connectivity index (χ0v) is 19.2. The Balaban J connectivity index is 1.55. The first-order valence-electron chi connectivity index (χ1n) is 10.6. The molecule has 0 aliphatic carbocycles. The van der Waals surface area contributed by atoms with Gasteiger partial charge in [0.05, 0.1) is 22.4 Å². The molecule has 35 heavy (non-hydrogen) atoms. The highest BCUT2D eigenvalue weighted by Crippen LogP contribution is 2.48. The van der Waals surface area contributed by atoms with Gasteiger partial charge in [-0.2, -0.15) is 0 Å². The lowest BCUT2D eigenvalue weighted by molar-refractivity contribution is 0.422. The molecule has 1 atom stereocenters. The van der Waals surface area contributed by atoms with Crippen molar-refractivity contribution in [3.63, 3.8) is 0 Å². The Kier molecular flexibility index (Phi) is 4.22. The van der Waals surface area contributed by atoms with E-state index in [-0.39, 0.29) is 11.4 Å². The van der Waals surface area contributed by atoms with Gasteiger partial charge in [-0.3, -0.25) is 0 Å². The molecule has 1 aliphatic heterocycles. The van der Waals surface area contributed by atoms with Crippen molar-refractivity contribution in [3.05, 3.63) is 105 Å². The van der Waals surface area contributed by atoms with Crippen LogP contribution >= 0.6 is 15.9 Å². The number of hydrogen-bond donors (Lipinski definition) is 0. The second-order valence-corrected chi connectivity index (χ2v) is 8.77. The van der Waals surface area contributed by atoms with E-state index in [1.807, 2.05) is 12.1 Å². The molecular formula is C25H12BrFN4O4. The van der Waals surface area contributed by atoms with Gasteiger partial charge >= 0.3 is 5.63 Å². The zero-order valence-electron chi connectivity index (χ0n) is 17.6. The minimum atomic E-state index is -0.688. The van der Waals surface area contributed by atoms with Crippen molar-refractivity contribution in [2.75, 3.05) is 0 Å². The van der Waals surface area contributed by atoms with Crippen molar-refractivity contribution in [2.45, 2.75) is 5.92 Å². The van der Waals surface area contributed by atoms with E-state index in [0.717, 1.165) is 0 Å². The van der Waals surface area contributed by atoms with Crippen LogP contribution in [0.3, 0.4) is 0 Å². The molecule has 0 radical (unpaired) electrons. The van der Waals surface area contributed by atoms with Gasteiger partial charge in [0.1, 0.15) is 17.7 Å². The number of ether oxygens (including phenoxy) is 1. The third-order valence-electron chi connectivity index (χ3n) is 5.96. The van der Waals surface area contributed by atoms with Crippen molar-refractivity contribution < 1.29 is 18.0 Å².